The minimum atomic E-state index is -0.300. The first-order chi connectivity index (χ1) is 13.2. The van der Waals surface area contributed by atoms with Gasteiger partial charge in [0.25, 0.3) is 0 Å². The number of hydrogen-bond donors (Lipinski definition) is 0. The number of ether oxygens (including phenoxy) is 1. The van der Waals surface area contributed by atoms with Crippen molar-refractivity contribution in [3.05, 3.63) is 52.7 Å². The first-order valence-electron chi connectivity index (χ1n) is 9.76. The molecule has 1 amide bonds. The van der Waals surface area contributed by atoms with E-state index in [1.54, 1.807) is 6.20 Å². The molecule has 1 saturated carbocycles. The quantitative estimate of drug-likeness (QED) is 0.761. The fourth-order valence-electron chi connectivity index (χ4n) is 4.00. The Balaban J connectivity index is 1.37. The number of amides is 1. The fraction of sp³-hybridized carbons (Fsp3) is 0.524. The third-order valence-corrected chi connectivity index (χ3v) is 5.90. The Morgan fingerprint density at radius 2 is 2.07 bits per heavy atom. The molecule has 2 heterocycles. The monoisotopic (exact) mass is 388 g/mol. The van der Waals surface area contributed by atoms with E-state index in [4.69, 9.17) is 20.8 Å². The standard InChI is InChI=1S/C21H25ClN2O3/c22-18-8-4-3-7-16(18)12-17-13-23-21(27-17)19-14-24(9-10-26-19)20(25)11-15-5-1-2-6-15/h3-4,7-8,13,15,19H,1-2,5-6,9-12,14H2. The van der Waals surface area contributed by atoms with Gasteiger partial charge in [0.05, 0.1) is 19.3 Å². The third kappa shape index (κ3) is 4.53. The highest BCUT2D eigenvalue weighted by molar-refractivity contribution is 6.31. The van der Waals surface area contributed by atoms with Crippen LogP contribution in [-0.4, -0.2) is 35.5 Å². The van der Waals surface area contributed by atoms with Crippen LogP contribution in [0.3, 0.4) is 0 Å². The molecule has 4 rings (SSSR count). The number of morpholine rings is 1. The topological polar surface area (TPSA) is 55.6 Å². The zero-order valence-corrected chi connectivity index (χ0v) is 16.2. The van der Waals surface area contributed by atoms with Crippen molar-refractivity contribution in [2.45, 2.75) is 44.6 Å². The Kier molecular flexibility index (Phi) is 5.79. The molecule has 0 spiro atoms. The number of hydrogen-bond acceptors (Lipinski definition) is 4. The van der Waals surface area contributed by atoms with E-state index in [0.29, 0.717) is 49.4 Å². The third-order valence-electron chi connectivity index (χ3n) is 5.53. The SMILES string of the molecule is O=C(CC1CCCC1)N1CCOC(c2ncc(Cc3ccccc3Cl)o2)C1. The second-order valence-corrected chi connectivity index (χ2v) is 7.89. The highest BCUT2D eigenvalue weighted by atomic mass is 35.5. The van der Waals surface area contributed by atoms with Gasteiger partial charge in [0, 0.05) is 24.4 Å². The maximum absolute atomic E-state index is 12.6. The second-order valence-electron chi connectivity index (χ2n) is 7.49. The number of carbonyl (C=O) groups is 1. The van der Waals surface area contributed by atoms with Gasteiger partial charge in [-0.1, -0.05) is 42.6 Å². The van der Waals surface area contributed by atoms with Crippen LogP contribution in [0.4, 0.5) is 0 Å². The summed E-state index contributed by atoms with van der Waals surface area (Å²) < 4.78 is 11.7. The summed E-state index contributed by atoms with van der Waals surface area (Å²) in [6.07, 6.45) is 7.56. The van der Waals surface area contributed by atoms with E-state index in [1.807, 2.05) is 29.2 Å². The van der Waals surface area contributed by atoms with Crippen molar-refractivity contribution in [3.63, 3.8) is 0 Å². The molecule has 1 saturated heterocycles. The summed E-state index contributed by atoms with van der Waals surface area (Å²) in [6.45, 7) is 1.68. The first kappa shape index (κ1) is 18.5. The molecule has 2 fully saturated rings. The van der Waals surface area contributed by atoms with E-state index in [0.717, 1.165) is 11.3 Å². The highest BCUT2D eigenvalue weighted by Crippen LogP contribution is 2.29. The smallest absolute Gasteiger partial charge is 0.225 e. The van der Waals surface area contributed by atoms with E-state index in [9.17, 15) is 4.79 Å². The molecule has 5 nitrogen and oxygen atoms in total. The Labute approximate surface area is 164 Å². The van der Waals surface area contributed by atoms with Gasteiger partial charge in [0.2, 0.25) is 11.8 Å². The van der Waals surface area contributed by atoms with Crippen molar-refractivity contribution in [2.75, 3.05) is 19.7 Å². The van der Waals surface area contributed by atoms with Gasteiger partial charge in [-0.15, -0.1) is 0 Å². The van der Waals surface area contributed by atoms with Crippen molar-refractivity contribution in [2.24, 2.45) is 5.92 Å². The Morgan fingerprint density at radius 1 is 1.26 bits per heavy atom. The van der Waals surface area contributed by atoms with Gasteiger partial charge in [-0.25, -0.2) is 4.98 Å². The van der Waals surface area contributed by atoms with Gasteiger partial charge in [0.15, 0.2) is 6.10 Å². The molecular formula is C21H25ClN2O3. The first-order valence-corrected chi connectivity index (χ1v) is 10.1. The average molecular weight is 389 g/mol. The lowest BCUT2D eigenvalue weighted by molar-refractivity contribution is -0.140. The molecule has 144 valence electrons. The van der Waals surface area contributed by atoms with Crippen LogP contribution in [-0.2, 0) is 16.0 Å². The Bertz CT molecular complexity index is 785. The molecule has 2 aliphatic rings. The van der Waals surface area contributed by atoms with Crippen molar-refractivity contribution >= 4 is 17.5 Å². The lowest BCUT2D eigenvalue weighted by Crippen LogP contribution is -2.42. The summed E-state index contributed by atoms with van der Waals surface area (Å²) in [5, 5.41) is 0.716. The number of benzene rings is 1. The lowest BCUT2D eigenvalue weighted by Gasteiger charge is -2.32. The molecule has 2 aromatic rings. The Hall–Kier alpha value is -1.85. The normalized spacial score (nSPS) is 20.9. The number of carbonyl (C=O) groups excluding carboxylic acids is 1. The van der Waals surface area contributed by atoms with Crippen LogP contribution < -0.4 is 0 Å². The largest absolute Gasteiger partial charge is 0.442 e. The molecule has 0 bridgehead atoms. The fourth-order valence-corrected chi connectivity index (χ4v) is 4.20. The van der Waals surface area contributed by atoms with Gasteiger partial charge in [-0.2, -0.15) is 0 Å². The van der Waals surface area contributed by atoms with E-state index in [2.05, 4.69) is 4.98 Å². The zero-order valence-electron chi connectivity index (χ0n) is 15.4. The molecule has 1 aliphatic heterocycles. The van der Waals surface area contributed by atoms with Gasteiger partial charge >= 0.3 is 0 Å². The highest BCUT2D eigenvalue weighted by Gasteiger charge is 2.30. The molecule has 1 aromatic carbocycles. The van der Waals surface area contributed by atoms with Crippen LogP contribution in [0, 0.1) is 5.92 Å². The van der Waals surface area contributed by atoms with Gasteiger partial charge < -0.3 is 14.1 Å². The van der Waals surface area contributed by atoms with E-state index in [1.165, 1.54) is 25.7 Å². The number of aromatic nitrogens is 1. The average Bonchev–Trinajstić information content (AvgIpc) is 3.36. The van der Waals surface area contributed by atoms with Crippen molar-refractivity contribution in [1.82, 2.24) is 9.88 Å². The molecule has 27 heavy (non-hydrogen) atoms. The predicted octanol–water partition coefficient (Wildman–Crippen LogP) is 4.40. The minimum Gasteiger partial charge on any atom is -0.442 e. The molecule has 1 atom stereocenters. The van der Waals surface area contributed by atoms with Crippen LogP contribution >= 0.6 is 11.6 Å². The number of rotatable bonds is 5. The van der Waals surface area contributed by atoms with Gasteiger partial charge in [0.1, 0.15) is 5.76 Å². The van der Waals surface area contributed by atoms with Crippen molar-refractivity contribution in [3.8, 4) is 0 Å². The van der Waals surface area contributed by atoms with Crippen LogP contribution in [0.1, 0.15) is 55.4 Å². The van der Waals surface area contributed by atoms with Crippen LogP contribution in [0.5, 0.6) is 0 Å². The van der Waals surface area contributed by atoms with E-state index >= 15 is 0 Å². The van der Waals surface area contributed by atoms with E-state index in [-0.39, 0.29) is 12.0 Å². The molecule has 6 heteroatoms. The van der Waals surface area contributed by atoms with Crippen LogP contribution in [0.2, 0.25) is 5.02 Å². The molecule has 0 N–H and O–H groups in total. The van der Waals surface area contributed by atoms with Gasteiger partial charge in [-0.3, -0.25) is 4.79 Å². The summed E-state index contributed by atoms with van der Waals surface area (Å²) in [4.78, 5) is 18.9. The molecule has 1 aromatic heterocycles. The summed E-state index contributed by atoms with van der Waals surface area (Å²) in [5.41, 5.74) is 1.000. The molecule has 0 radical (unpaired) electrons. The summed E-state index contributed by atoms with van der Waals surface area (Å²) in [5.74, 6) is 2.08. The van der Waals surface area contributed by atoms with Crippen molar-refractivity contribution in [1.29, 1.82) is 0 Å². The molecule has 1 aliphatic carbocycles. The summed E-state index contributed by atoms with van der Waals surface area (Å²) >= 11 is 6.22. The van der Waals surface area contributed by atoms with Crippen LogP contribution in [0.15, 0.2) is 34.9 Å². The molecule has 1 unspecified atom stereocenters. The predicted molar refractivity (Wildman–Crippen MR) is 103 cm³/mol. The Morgan fingerprint density at radius 3 is 2.89 bits per heavy atom. The maximum Gasteiger partial charge on any atom is 0.225 e. The minimum absolute atomic E-state index is 0.234. The van der Waals surface area contributed by atoms with Gasteiger partial charge in [-0.05, 0) is 30.4 Å². The summed E-state index contributed by atoms with van der Waals surface area (Å²) in [6, 6.07) is 7.71. The second kappa shape index (κ2) is 8.44. The lowest BCUT2D eigenvalue weighted by atomic mass is 10.0. The number of nitrogens with zero attached hydrogens (tertiary/aromatic N) is 2. The van der Waals surface area contributed by atoms with Crippen LogP contribution in [0.25, 0.3) is 0 Å². The summed E-state index contributed by atoms with van der Waals surface area (Å²) in [7, 11) is 0. The van der Waals surface area contributed by atoms with E-state index < -0.39 is 0 Å². The molecular weight excluding hydrogens is 364 g/mol. The number of oxazole rings is 1. The maximum atomic E-state index is 12.6. The number of halogens is 1. The van der Waals surface area contributed by atoms with Crippen molar-refractivity contribution < 1.29 is 13.9 Å². The zero-order chi connectivity index (χ0) is 18.6.